The van der Waals surface area contributed by atoms with Crippen LogP contribution in [0.4, 0.5) is 17.5 Å². The van der Waals surface area contributed by atoms with E-state index in [-0.39, 0.29) is 5.95 Å². The first-order valence-electron chi connectivity index (χ1n) is 6.17. The van der Waals surface area contributed by atoms with Gasteiger partial charge in [0.25, 0.3) is 0 Å². The van der Waals surface area contributed by atoms with Crippen LogP contribution in [-0.4, -0.2) is 23.2 Å². The number of ether oxygens (including phenoxy) is 2. The third-order valence-corrected chi connectivity index (χ3v) is 3.05. The summed E-state index contributed by atoms with van der Waals surface area (Å²) in [7, 11) is 0. The summed E-state index contributed by atoms with van der Waals surface area (Å²) in [4.78, 5) is 7.86. The van der Waals surface area contributed by atoms with Gasteiger partial charge >= 0.3 is 0 Å². The maximum Gasteiger partial charge on any atom is 0.222 e. The van der Waals surface area contributed by atoms with E-state index in [1.165, 1.54) is 6.20 Å². The monoisotopic (exact) mass is 292 g/mol. The summed E-state index contributed by atoms with van der Waals surface area (Å²) in [6.45, 7) is 1.30. The molecule has 6 nitrogen and oxygen atoms in total. The van der Waals surface area contributed by atoms with Crippen molar-refractivity contribution in [3.05, 3.63) is 29.4 Å². The van der Waals surface area contributed by atoms with Gasteiger partial charge in [-0.1, -0.05) is 11.6 Å². The van der Waals surface area contributed by atoms with Crippen molar-refractivity contribution in [2.45, 2.75) is 6.42 Å². The number of nitrogen functional groups attached to an aromatic ring is 1. The molecule has 1 aliphatic rings. The minimum absolute atomic E-state index is 0.159. The first kappa shape index (κ1) is 12.8. The van der Waals surface area contributed by atoms with E-state index in [0.29, 0.717) is 29.8 Å². The molecule has 20 heavy (non-hydrogen) atoms. The number of nitrogens with one attached hydrogen (secondary N) is 1. The highest BCUT2D eigenvalue weighted by Crippen LogP contribution is 2.33. The molecule has 0 fully saturated rings. The molecule has 1 aliphatic heterocycles. The van der Waals surface area contributed by atoms with E-state index < -0.39 is 0 Å². The van der Waals surface area contributed by atoms with Gasteiger partial charge in [0.1, 0.15) is 5.02 Å². The zero-order valence-corrected chi connectivity index (χ0v) is 11.4. The molecule has 0 saturated carbocycles. The highest BCUT2D eigenvalue weighted by molar-refractivity contribution is 6.32. The zero-order chi connectivity index (χ0) is 13.9. The Morgan fingerprint density at radius 1 is 1.20 bits per heavy atom. The van der Waals surface area contributed by atoms with E-state index in [2.05, 4.69) is 15.3 Å². The standard InChI is InChI=1S/C13H13ClN4O2/c14-9-7-16-13(15)18-12(9)17-8-2-3-10-11(6-8)20-5-1-4-19-10/h2-3,6-7H,1,4-5H2,(H3,15,16,17,18). The molecule has 0 atom stereocenters. The van der Waals surface area contributed by atoms with Crippen LogP contribution in [0.15, 0.2) is 24.4 Å². The first-order valence-corrected chi connectivity index (χ1v) is 6.55. The Balaban J connectivity index is 1.87. The number of nitrogens with zero attached hydrogens (tertiary/aromatic N) is 2. The minimum atomic E-state index is 0.159. The Labute approximate surface area is 120 Å². The Morgan fingerprint density at radius 2 is 2.00 bits per heavy atom. The van der Waals surface area contributed by atoms with E-state index >= 15 is 0 Å². The molecule has 0 saturated heterocycles. The van der Waals surface area contributed by atoms with Gasteiger partial charge in [-0.25, -0.2) is 4.98 Å². The van der Waals surface area contributed by atoms with Crippen LogP contribution in [0, 0.1) is 0 Å². The largest absolute Gasteiger partial charge is 0.490 e. The van der Waals surface area contributed by atoms with Gasteiger partial charge in [-0.2, -0.15) is 4.98 Å². The van der Waals surface area contributed by atoms with Crippen molar-refractivity contribution >= 4 is 29.1 Å². The summed E-state index contributed by atoms with van der Waals surface area (Å²) in [5.41, 5.74) is 6.33. The maximum absolute atomic E-state index is 6.02. The summed E-state index contributed by atoms with van der Waals surface area (Å²) in [5, 5.41) is 3.48. The fourth-order valence-electron chi connectivity index (χ4n) is 1.85. The van der Waals surface area contributed by atoms with Crippen molar-refractivity contribution in [3.63, 3.8) is 0 Å². The summed E-state index contributed by atoms with van der Waals surface area (Å²) < 4.78 is 11.2. The van der Waals surface area contributed by atoms with Crippen molar-refractivity contribution < 1.29 is 9.47 Å². The van der Waals surface area contributed by atoms with Crippen LogP contribution in [0.5, 0.6) is 11.5 Å². The molecule has 0 spiro atoms. The second-order valence-electron chi connectivity index (χ2n) is 4.26. The molecule has 0 radical (unpaired) electrons. The van der Waals surface area contributed by atoms with Crippen LogP contribution in [-0.2, 0) is 0 Å². The van der Waals surface area contributed by atoms with Crippen LogP contribution in [0.2, 0.25) is 5.02 Å². The predicted octanol–water partition coefficient (Wildman–Crippen LogP) is 2.62. The van der Waals surface area contributed by atoms with E-state index in [4.69, 9.17) is 26.8 Å². The number of hydrogen-bond donors (Lipinski definition) is 2. The fourth-order valence-corrected chi connectivity index (χ4v) is 1.98. The van der Waals surface area contributed by atoms with Crippen LogP contribution in [0.1, 0.15) is 6.42 Å². The van der Waals surface area contributed by atoms with Gasteiger partial charge in [0, 0.05) is 18.2 Å². The molecule has 1 aromatic heterocycles. The topological polar surface area (TPSA) is 82.3 Å². The number of benzene rings is 1. The summed E-state index contributed by atoms with van der Waals surface area (Å²) >= 11 is 6.02. The van der Waals surface area contributed by atoms with Crippen LogP contribution in [0.3, 0.4) is 0 Å². The van der Waals surface area contributed by atoms with Gasteiger partial charge in [-0.3, -0.25) is 0 Å². The number of rotatable bonds is 2. The number of hydrogen-bond acceptors (Lipinski definition) is 6. The SMILES string of the molecule is Nc1ncc(Cl)c(Nc2ccc3c(c2)OCCCO3)n1. The first-order chi connectivity index (χ1) is 9.72. The predicted molar refractivity (Wildman–Crippen MR) is 76.8 cm³/mol. The van der Waals surface area contributed by atoms with E-state index in [9.17, 15) is 0 Å². The summed E-state index contributed by atoms with van der Waals surface area (Å²) in [6.07, 6.45) is 2.32. The lowest BCUT2D eigenvalue weighted by Crippen LogP contribution is -2.01. The lowest BCUT2D eigenvalue weighted by molar-refractivity contribution is 0.297. The van der Waals surface area contributed by atoms with Gasteiger partial charge in [-0.15, -0.1) is 0 Å². The van der Waals surface area contributed by atoms with Crippen LogP contribution in [0.25, 0.3) is 0 Å². The second kappa shape index (κ2) is 5.42. The van der Waals surface area contributed by atoms with Gasteiger partial charge in [-0.05, 0) is 12.1 Å². The molecule has 0 bridgehead atoms. The lowest BCUT2D eigenvalue weighted by atomic mass is 10.2. The van der Waals surface area contributed by atoms with Gasteiger partial charge in [0.2, 0.25) is 5.95 Å². The van der Waals surface area contributed by atoms with Crippen molar-refractivity contribution in [3.8, 4) is 11.5 Å². The second-order valence-corrected chi connectivity index (χ2v) is 4.67. The molecule has 104 valence electrons. The van der Waals surface area contributed by atoms with Gasteiger partial charge < -0.3 is 20.5 Å². The van der Waals surface area contributed by atoms with Crippen molar-refractivity contribution in [2.75, 3.05) is 24.3 Å². The molecule has 0 aliphatic carbocycles. The van der Waals surface area contributed by atoms with Crippen molar-refractivity contribution in [2.24, 2.45) is 0 Å². The third kappa shape index (κ3) is 2.70. The molecular weight excluding hydrogens is 280 g/mol. The zero-order valence-electron chi connectivity index (χ0n) is 10.6. The molecule has 7 heteroatoms. The molecule has 2 aromatic rings. The van der Waals surface area contributed by atoms with Gasteiger partial charge in [0.15, 0.2) is 17.3 Å². The molecule has 2 heterocycles. The number of aromatic nitrogens is 2. The smallest absolute Gasteiger partial charge is 0.222 e. The highest BCUT2D eigenvalue weighted by atomic mass is 35.5. The van der Waals surface area contributed by atoms with Crippen LogP contribution < -0.4 is 20.5 Å². The molecule has 0 unspecified atom stereocenters. The Kier molecular flexibility index (Phi) is 3.47. The summed E-state index contributed by atoms with van der Waals surface area (Å²) in [6, 6.07) is 5.55. The van der Waals surface area contributed by atoms with Crippen LogP contribution >= 0.6 is 11.6 Å². The molecular formula is C13H13ClN4O2. The normalized spacial score (nSPS) is 13.7. The highest BCUT2D eigenvalue weighted by Gasteiger charge is 2.12. The third-order valence-electron chi connectivity index (χ3n) is 2.77. The van der Waals surface area contributed by atoms with Crippen molar-refractivity contribution in [1.82, 2.24) is 9.97 Å². The maximum atomic E-state index is 6.02. The Bertz CT molecular complexity index is 636. The number of anilines is 3. The average molecular weight is 293 g/mol. The quantitative estimate of drug-likeness (QED) is 0.885. The molecule has 3 N–H and O–H groups in total. The summed E-state index contributed by atoms with van der Waals surface area (Å²) in [5.74, 6) is 2.05. The van der Waals surface area contributed by atoms with E-state index in [1.807, 2.05) is 18.2 Å². The number of nitrogens with two attached hydrogens (primary N) is 1. The lowest BCUT2D eigenvalue weighted by Gasteiger charge is -2.11. The van der Waals surface area contributed by atoms with Gasteiger partial charge in [0.05, 0.1) is 19.4 Å². The number of halogens is 1. The average Bonchev–Trinajstić information content (AvgIpc) is 2.67. The van der Waals surface area contributed by atoms with E-state index in [1.54, 1.807) is 0 Å². The Hall–Kier alpha value is -2.21. The minimum Gasteiger partial charge on any atom is -0.490 e. The van der Waals surface area contributed by atoms with E-state index in [0.717, 1.165) is 17.9 Å². The fraction of sp³-hybridized carbons (Fsp3) is 0.231. The Morgan fingerprint density at radius 3 is 2.85 bits per heavy atom. The molecule has 3 rings (SSSR count). The van der Waals surface area contributed by atoms with Crippen molar-refractivity contribution in [1.29, 1.82) is 0 Å². The number of fused-ring (bicyclic) bond motifs is 1. The molecule has 0 amide bonds. The molecule has 1 aromatic carbocycles.